The van der Waals surface area contributed by atoms with E-state index in [2.05, 4.69) is 28.5 Å². The molecule has 3 aromatic rings. The monoisotopic (exact) mass is 497 g/mol. The number of rotatable bonds is 9. The largest absolute Gasteiger partial charge is 0.298 e. The number of amides is 1. The number of aromatic nitrogens is 1. The molecule has 0 spiro atoms. The molecule has 1 aliphatic carbocycles. The summed E-state index contributed by atoms with van der Waals surface area (Å²) in [6.45, 7) is 4.78. The summed E-state index contributed by atoms with van der Waals surface area (Å²) >= 11 is 1.38. The normalized spacial score (nSPS) is 13.6. The summed E-state index contributed by atoms with van der Waals surface area (Å²) in [5.41, 5.74) is 5.13. The molecule has 0 unspecified atom stereocenters. The van der Waals surface area contributed by atoms with Crippen molar-refractivity contribution in [1.82, 2.24) is 9.29 Å². The van der Waals surface area contributed by atoms with Crippen LogP contribution in [0.1, 0.15) is 61.0 Å². The van der Waals surface area contributed by atoms with Crippen molar-refractivity contribution in [3.63, 3.8) is 0 Å². The van der Waals surface area contributed by atoms with E-state index in [1.165, 1.54) is 51.7 Å². The highest BCUT2D eigenvalue weighted by Crippen LogP contribution is 2.30. The minimum absolute atomic E-state index is 0.200. The molecule has 0 aliphatic heterocycles. The zero-order valence-electron chi connectivity index (χ0n) is 19.7. The summed E-state index contributed by atoms with van der Waals surface area (Å²) in [7, 11) is -3.57. The van der Waals surface area contributed by atoms with Crippen LogP contribution in [-0.4, -0.2) is 36.7 Å². The summed E-state index contributed by atoms with van der Waals surface area (Å²) in [5.74, 6) is -0.311. The molecule has 180 valence electrons. The second-order valence-corrected chi connectivity index (χ2v) is 11.4. The van der Waals surface area contributed by atoms with Gasteiger partial charge in [0.05, 0.1) is 10.6 Å². The number of hydrogen-bond acceptors (Lipinski definition) is 5. The number of carbonyl (C=O) groups excluding carboxylic acids is 1. The Bertz CT molecular complexity index is 1250. The Hall–Kier alpha value is -2.55. The van der Waals surface area contributed by atoms with Crippen molar-refractivity contribution >= 4 is 32.4 Å². The van der Waals surface area contributed by atoms with Crippen LogP contribution in [-0.2, 0) is 22.9 Å². The number of aryl methyl sites for hydroxylation is 2. The first-order valence-corrected chi connectivity index (χ1v) is 14.2. The van der Waals surface area contributed by atoms with Gasteiger partial charge in [-0.1, -0.05) is 32.4 Å². The van der Waals surface area contributed by atoms with E-state index in [1.54, 1.807) is 12.1 Å². The average Bonchev–Trinajstić information content (AvgIpc) is 3.32. The maximum absolute atomic E-state index is 12.9. The second kappa shape index (κ2) is 10.8. The third kappa shape index (κ3) is 5.40. The Labute approximate surface area is 206 Å². The Balaban J connectivity index is 1.44. The molecule has 0 fully saturated rings. The van der Waals surface area contributed by atoms with E-state index in [4.69, 9.17) is 0 Å². The summed E-state index contributed by atoms with van der Waals surface area (Å²) in [5, 5.41) is 5.31. The van der Waals surface area contributed by atoms with Gasteiger partial charge in [0.2, 0.25) is 10.0 Å². The van der Waals surface area contributed by atoms with Gasteiger partial charge in [0.15, 0.2) is 5.13 Å². The smallest absolute Gasteiger partial charge is 0.257 e. The van der Waals surface area contributed by atoms with Gasteiger partial charge in [-0.15, -0.1) is 11.3 Å². The molecule has 34 heavy (non-hydrogen) atoms. The molecule has 1 N–H and O–H groups in total. The average molecular weight is 498 g/mol. The predicted molar refractivity (Wildman–Crippen MR) is 138 cm³/mol. The molecular weight excluding hydrogens is 466 g/mol. The van der Waals surface area contributed by atoms with Gasteiger partial charge in [-0.05, 0) is 73.6 Å². The quantitative estimate of drug-likeness (QED) is 0.408. The highest BCUT2D eigenvalue weighted by molar-refractivity contribution is 7.89. The van der Waals surface area contributed by atoms with Crippen LogP contribution in [0, 0.1) is 0 Å². The first kappa shape index (κ1) is 24.6. The molecule has 0 atom stereocenters. The molecule has 8 heteroatoms. The van der Waals surface area contributed by atoms with E-state index in [-0.39, 0.29) is 10.8 Å². The molecule has 4 rings (SSSR count). The van der Waals surface area contributed by atoms with E-state index >= 15 is 0 Å². The minimum atomic E-state index is -3.57. The molecule has 1 aromatic heterocycles. The molecule has 6 nitrogen and oxygen atoms in total. The van der Waals surface area contributed by atoms with E-state index in [1.807, 2.05) is 19.2 Å². The first-order valence-electron chi connectivity index (χ1n) is 11.9. The van der Waals surface area contributed by atoms with Crippen molar-refractivity contribution in [2.24, 2.45) is 0 Å². The number of thiazole rings is 1. The van der Waals surface area contributed by atoms with Gasteiger partial charge in [0.25, 0.3) is 5.91 Å². The Morgan fingerprint density at radius 3 is 2.50 bits per heavy atom. The van der Waals surface area contributed by atoms with Crippen molar-refractivity contribution in [3.8, 4) is 11.3 Å². The van der Waals surface area contributed by atoms with Crippen molar-refractivity contribution in [2.75, 3.05) is 18.4 Å². The van der Waals surface area contributed by atoms with Crippen molar-refractivity contribution in [3.05, 3.63) is 64.5 Å². The van der Waals surface area contributed by atoms with Gasteiger partial charge in [-0.25, -0.2) is 13.4 Å². The minimum Gasteiger partial charge on any atom is -0.298 e. The first-order chi connectivity index (χ1) is 16.4. The molecule has 0 radical (unpaired) electrons. The predicted octanol–water partition coefficient (Wildman–Crippen LogP) is 5.75. The lowest BCUT2D eigenvalue weighted by Gasteiger charge is -2.20. The van der Waals surface area contributed by atoms with Crippen LogP contribution in [0.2, 0.25) is 0 Å². The summed E-state index contributed by atoms with van der Waals surface area (Å²) in [6, 6.07) is 12.6. The van der Waals surface area contributed by atoms with E-state index in [9.17, 15) is 13.2 Å². The van der Waals surface area contributed by atoms with Crippen LogP contribution >= 0.6 is 11.3 Å². The highest BCUT2D eigenvalue weighted by atomic mass is 32.2. The number of nitrogens with one attached hydrogen (secondary N) is 1. The van der Waals surface area contributed by atoms with Gasteiger partial charge >= 0.3 is 0 Å². The molecule has 1 heterocycles. The number of sulfonamides is 1. The van der Waals surface area contributed by atoms with Crippen LogP contribution in [0.4, 0.5) is 5.13 Å². The molecule has 1 aliphatic rings. The standard InChI is InChI=1S/C26H31N3O3S2/c1-3-5-16-29(4-2)34(31,32)23-14-12-20(13-15-23)25(30)28-26-27-24(18-33-26)22-11-10-19-8-6-7-9-21(19)17-22/h10-15,17-18H,3-9,16H2,1-2H3,(H,27,28,30). The molecule has 0 saturated heterocycles. The zero-order valence-corrected chi connectivity index (χ0v) is 21.3. The summed E-state index contributed by atoms with van der Waals surface area (Å²) in [6.07, 6.45) is 6.47. The zero-order chi connectivity index (χ0) is 24.1. The Kier molecular flexibility index (Phi) is 7.80. The summed E-state index contributed by atoms with van der Waals surface area (Å²) < 4.78 is 27.2. The molecule has 1 amide bonds. The number of benzene rings is 2. The fourth-order valence-electron chi connectivity index (χ4n) is 4.24. The van der Waals surface area contributed by atoms with Crippen LogP contribution in [0.15, 0.2) is 52.7 Å². The number of anilines is 1. The number of unbranched alkanes of at least 4 members (excludes halogenated alkanes) is 1. The van der Waals surface area contributed by atoms with Gasteiger partial charge in [0.1, 0.15) is 0 Å². The van der Waals surface area contributed by atoms with Crippen LogP contribution in [0.5, 0.6) is 0 Å². The fraction of sp³-hybridized carbons (Fsp3) is 0.385. The number of fused-ring (bicyclic) bond motifs is 1. The molecule has 0 bridgehead atoms. The second-order valence-electron chi connectivity index (χ2n) is 8.56. The van der Waals surface area contributed by atoms with Crippen molar-refractivity contribution in [2.45, 2.75) is 57.3 Å². The van der Waals surface area contributed by atoms with Crippen molar-refractivity contribution in [1.29, 1.82) is 0 Å². The maximum Gasteiger partial charge on any atom is 0.257 e. The molecule has 2 aromatic carbocycles. The van der Waals surface area contributed by atoms with Crippen LogP contribution in [0.3, 0.4) is 0 Å². The SMILES string of the molecule is CCCCN(CC)S(=O)(=O)c1ccc(C(=O)Nc2nc(-c3ccc4c(c3)CCCC4)cs2)cc1. The highest BCUT2D eigenvalue weighted by Gasteiger charge is 2.23. The number of nitrogens with zero attached hydrogens (tertiary/aromatic N) is 2. The molecule has 0 saturated carbocycles. The third-order valence-corrected chi connectivity index (χ3v) is 8.98. The van der Waals surface area contributed by atoms with Crippen LogP contribution in [0.25, 0.3) is 11.3 Å². The Morgan fingerprint density at radius 1 is 1.06 bits per heavy atom. The van der Waals surface area contributed by atoms with E-state index in [0.717, 1.165) is 36.9 Å². The topological polar surface area (TPSA) is 79.4 Å². The number of hydrogen-bond donors (Lipinski definition) is 1. The van der Waals surface area contributed by atoms with Gasteiger partial charge in [-0.2, -0.15) is 4.31 Å². The Morgan fingerprint density at radius 2 is 1.79 bits per heavy atom. The van der Waals surface area contributed by atoms with E-state index in [0.29, 0.717) is 23.8 Å². The lowest BCUT2D eigenvalue weighted by Crippen LogP contribution is -2.31. The number of carbonyl (C=O) groups is 1. The third-order valence-electron chi connectivity index (χ3n) is 6.24. The van der Waals surface area contributed by atoms with Gasteiger partial charge in [0, 0.05) is 29.6 Å². The molecular formula is C26H31N3O3S2. The van der Waals surface area contributed by atoms with Gasteiger partial charge < -0.3 is 0 Å². The fourth-order valence-corrected chi connectivity index (χ4v) is 6.44. The van der Waals surface area contributed by atoms with E-state index < -0.39 is 10.0 Å². The maximum atomic E-state index is 12.9. The lowest BCUT2D eigenvalue weighted by atomic mass is 9.90. The van der Waals surface area contributed by atoms with Gasteiger partial charge in [-0.3, -0.25) is 10.1 Å². The lowest BCUT2D eigenvalue weighted by molar-refractivity contribution is 0.102. The van der Waals surface area contributed by atoms with Crippen LogP contribution < -0.4 is 5.32 Å². The summed E-state index contributed by atoms with van der Waals surface area (Å²) in [4.78, 5) is 17.5. The van der Waals surface area contributed by atoms with Crippen molar-refractivity contribution < 1.29 is 13.2 Å².